The van der Waals surface area contributed by atoms with Gasteiger partial charge < -0.3 is 19.2 Å². The molecule has 3 heterocycles. The highest BCUT2D eigenvalue weighted by molar-refractivity contribution is 6.15. The van der Waals surface area contributed by atoms with Crippen LogP contribution < -0.4 is 19.3 Å². The van der Waals surface area contributed by atoms with Gasteiger partial charge in [-0.1, -0.05) is 6.92 Å². The first-order valence-corrected chi connectivity index (χ1v) is 13.9. The van der Waals surface area contributed by atoms with Crippen LogP contribution in [0, 0.1) is 29.3 Å². The van der Waals surface area contributed by atoms with Crippen molar-refractivity contribution in [3.05, 3.63) is 71.3 Å². The van der Waals surface area contributed by atoms with Gasteiger partial charge in [0.2, 0.25) is 0 Å². The number of anilines is 3. The van der Waals surface area contributed by atoms with Gasteiger partial charge in [0.15, 0.2) is 23.1 Å². The van der Waals surface area contributed by atoms with E-state index in [4.69, 9.17) is 14.2 Å². The van der Waals surface area contributed by atoms with E-state index in [0.29, 0.717) is 53.8 Å². The predicted molar refractivity (Wildman–Crippen MR) is 157 cm³/mol. The number of rotatable bonds is 10. The number of pyridine rings is 1. The van der Waals surface area contributed by atoms with Gasteiger partial charge in [0.05, 0.1) is 38.7 Å². The third-order valence-electron chi connectivity index (χ3n) is 7.01. The minimum Gasteiger partial charge on any atom is -0.493 e. The van der Waals surface area contributed by atoms with Gasteiger partial charge >= 0.3 is 6.03 Å². The Morgan fingerprint density at radius 1 is 0.953 bits per heavy atom. The van der Waals surface area contributed by atoms with E-state index in [-0.39, 0.29) is 18.0 Å². The van der Waals surface area contributed by atoms with E-state index in [2.05, 4.69) is 28.7 Å². The van der Waals surface area contributed by atoms with Crippen molar-refractivity contribution in [1.82, 2.24) is 9.97 Å². The second kappa shape index (κ2) is 13.1. The highest BCUT2D eigenvalue weighted by Crippen LogP contribution is 2.44. The molecule has 0 atom stereocenters. The van der Waals surface area contributed by atoms with Gasteiger partial charge in [0, 0.05) is 48.4 Å². The number of urea groups is 1. The van der Waals surface area contributed by atoms with Crippen LogP contribution in [0.4, 0.5) is 35.0 Å². The van der Waals surface area contributed by atoms with Crippen LogP contribution in [-0.2, 0) is 17.7 Å². The average Bonchev–Trinajstić information content (AvgIpc) is 3.43. The van der Waals surface area contributed by atoms with Crippen LogP contribution in [0.3, 0.4) is 0 Å². The lowest BCUT2D eigenvalue weighted by atomic mass is 10.1. The summed E-state index contributed by atoms with van der Waals surface area (Å²) in [5.41, 5.74) is 2.07. The number of hydrogen-bond donors (Lipinski definition) is 1. The SMILES string of the molecule is CCCOCCC#CCCc1cc2c3c(cnc2[nH]1)CN(c1c(F)c(OC)cc(OC)c1F)C(=O)N3c1ccc(F)cc1. The zero-order chi connectivity index (χ0) is 30.5. The number of halogens is 3. The molecule has 2 amide bonds. The molecule has 0 spiro atoms. The molecule has 224 valence electrons. The van der Waals surface area contributed by atoms with Crippen molar-refractivity contribution in [3.63, 3.8) is 0 Å². The molecule has 0 saturated heterocycles. The molecule has 11 heteroatoms. The number of nitrogens with zero attached hydrogens (tertiary/aromatic N) is 3. The number of carbonyl (C=O) groups excluding carboxylic acids is 1. The summed E-state index contributed by atoms with van der Waals surface area (Å²) in [7, 11) is 2.46. The Labute approximate surface area is 247 Å². The molecule has 1 aliphatic rings. The molecule has 1 N–H and O–H groups in total. The minimum atomic E-state index is -1.06. The zero-order valence-corrected chi connectivity index (χ0v) is 24.1. The summed E-state index contributed by atoms with van der Waals surface area (Å²) >= 11 is 0. The van der Waals surface area contributed by atoms with Gasteiger partial charge in [-0.05, 0) is 43.2 Å². The number of hydrogen-bond acceptors (Lipinski definition) is 5. The molecule has 43 heavy (non-hydrogen) atoms. The number of ether oxygens (including phenoxy) is 3. The Hall–Kier alpha value is -4.69. The number of aryl methyl sites for hydroxylation is 1. The van der Waals surface area contributed by atoms with Crippen molar-refractivity contribution >= 4 is 34.1 Å². The van der Waals surface area contributed by atoms with Crippen molar-refractivity contribution in [1.29, 1.82) is 0 Å². The largest absolute Gasteiger partial charge is 0.493 e. The second-order valence-corrected chi connectivity index (χ2v) is 9.84. The van der Waals surface area contributed by atoms with E-state index in [0.717, 1.165) is 29.7 Å². The summed E-state index contributed by atoms with van der Waals surface area (Å²) in [6.45, 7) is 3.19. The van der Waals surface area contributed by atoms with Crippen LogP contribution in [-0.4, -0.2) is 43.4 Å². The molecular weight excluding hydrogens is 561 g/mol. The number of nitrogens with one attached hydrogen (secondary N) is 1. The number of benzene rings is 2. The van der Waals surface area contributed by atoms with Gasteiger partial charge in [-0.3, -0.25) is 9.80 Å². The highest BCUT2D eigenvalue weighted by atomic mass is 19.1. The van der Waals surface area contributed by atoms with Gasteiger partial charge in [-0.2, -0.15) is 0 Å². The quantitative estimate of drug-likeness (QED) is 0.158. The molecule has 0 radical (unpaired) electrons. The van der Waals surface area contributed by atoms with Crippen LogP contribution in [0.25, 0.3) is 11.0 Å². The lowest BCUT2D eigenvalue weighted by molar-refractivity contribution is 0.140. The van der Waals surface area contributed by atoms with Gasteiger partial charge in [-0.25, -0.2) is 22.9 Å². The van der Waals surface area contributed by atoms with Gasteiger partial charge in [-0.15, -0.1) is 11.8 Å². The predicted octanol–water partition coefficient (Wildman–Crippen LogP) is 7.03. The molecule has 0 fully saturated rings. The molecule has 2 aromatic carbocycles. The molecule has 0 bridgehead atoms. The zero-order valence-electron chi connectivity index (χ0n) is 24.1. The maximum atomic E-state index is 15.6. The first-order chi connectivity index (χ1) is 20.9. The normalized spacial score (nSPS) is 12.7. The number of H-pyrrole nitrogens is 1. The molecule has 0 aliphatic carbocycles. The smallest absolute Gasteiger partial charge is 0.334 e. The van der Waals surface area contributed by atoms with Crippen molar-refractivity contribution < 1.29 is 32.2 Å². The minimum absolute atomic E-state index is 0.189. The molecule has 0 unspecified atom stereocenters. The van der Waals surface area contributed by atoms with E-state index >= 15 is 8.78 Å². The van der Waals surface area contributed by atoms with Crippen molar-refractivity contribution in [2.75, 3.05) is 37.2 Å². The molecule has 8 nitrogen and oxygen atoms in total. The molecule has 0 saturated carbocycles. The topological polar surface area (TPSA) is 79.9 Å². The Morgan fingerprint density at radius 2 is 1.65 bits per heavy atom. The first-order valence-electron chi connectivity index (χ1n) is 13.9. The number of aromatic nitrogens is 2. The fourth-order valence-electron chi connectivity index (χ4n) is 4.98. The van der Waals surface area contributed by atoms with Crippen LogP contribution in [0.15, 0.2) is 42.6 Å². The standard InChI is InChI=1S/C32H31F3N4O4/c1-4-14-43-15-8-6-5-7-9-22-16-24-29-20(18-36-31(24)37-22)19-38(32(40)39(29)23-12-10-21(33)11-13-23)30-27(34)25(41-2)17-26(42-3)28(30)35/h10-13,16-18H,4,7-9,14-15,19H2,1-3H3,(H,36,37). The lowest BCUT2D eigenvalue weighted by Crippen LogP contribution is -2.46. The van der Waals surface area contributed by atoms with E-state index in [1.54, 1.807) is 6.20 Å². The van der Waals surface area contributed by atoms with Crippen LogP contribution in [0.5, 0.6) is 11.5 Å². The fourth-order valence-corrected chi connectivity index (χ4v) is 4.98. The third-order valence-corrected chi connectivity index (χ3v) is 7.01. The third kappa shape index (κ3) is 5.96. The lowest BCUT2D eigenvalue weighted by Gasteiger charge is -2.37. The van der Waals surface area contributed by atoms with Crippen molar-refractivity contribution in [2.45, 2.75) is 39.2 Å². The van der Waals surface area contributed by atoms with Gasteiger partial charge in [0.1, 0.15) is 17.2 Å². The number of amides is 2. The monoisotopic (exact) mass is 592 g/mol. The molecule has 4 aromatic rings. The second-order valence-electron chi connectivity index (χ2n) is 9.84. The summed E-state index contributed by atoms with van der Waals surface area (Å²) in [4.78, 5) is 24.2. The highest BCUT2D eigenvalue weighted by Gasteiger charge is 2.38. The number of methoxy groups -OCH3 is 2. The van der Waals surface area contributed by atoms with Crippen LogP contribution >= 0.6 is 0 Å². The van der Waals surface area contributed by atoms with Crippen LogP contribution in [0.1, 0.15) is 37.4 Å². The maximum Gasteiger partial charge on any atom is 0.334 e. The summed E-state index contributed by atoms with van der Waals surface area (Å²) in [5.74, 6) is 3.05. The average molecular weight is 593 g/mol. The van der Waals surface area contributed by atoms with E-state index in [9.17, 15) is 9.18 Å². The maximum absolute atomic E-state index is 15.6. The Balaban J connectivity index is 1.55. The summed E-state index contributed by atoms with van der Waals surface area (Å²) in [5, 5.41) is 0.634. The summed E-state index contributed by atoms with van der Waals surface area (Å²) in [6, 6.07) is 7.50. The van der Waals surface area contributed by atoms with E-state index in [1.807, 2.05) is 6.07 Å². The Kier molecular flexibility index (Phi) is 9.07. The summed E-state index contributed by atoms with van der Waals surface area (Å²) < 4.78 is 60.6. The van der Waals surface area contributed by atoms with Gasteiger partial charge in [0.25, 0.3) is 0 Å². The molecule has 5 rings (SSSR count). The molecule has 2 aromatic heterocycles. The molecular formula is C32H31F3N4O4. The first kappa shape index (κ1) is 29.8. The number of fused-ring (bicyclic) bond motifs is 3. The van der Waals surface area contributed by atoms with E-state index < -0.39 is 29.2 Å². The number of aromatic amines is 1. The summed E-state index contributed by atoms with van der Waals surface area (Å²) in [6.07, 6.45) is 4.40. The van der Waals surface area contributed by atoms with Crippen molar-refractivity contribution in [2.24, 2.45) is 0 Å². The van der Waals surface area contributed by atoms with E-state index in [1.165, 1.54) is 43.4 Å². The Bertz CT molecular complexity index is 1670. The van der Waals surface area contributed by atoms with Crippen LogP contribution in [0.2, 0.25) is 0 Å². The number of carbonyl (C=O) groups is 1. The Morgan fingerprint density at radius 3 is 2.33 bits per heavy atom. The molecule has 1 aliphatic heterocycles. The fraction of sp³-hybridized carbons (Fsp3) is 0.312. The van der Waals surface area contributed by atoms with Crippen molar-refractivity contribution in [3.8, 4) is 23.3 Å².